The van der Waals surface area contributed by atoms with Crippen LogP contribution in [0.15, 0.2) is 36.5 Å². The zero-order valence-corrected chi connectivity index (χ0v) is 10.1. The molecule has 0 aromatic heterocycles. The Morgan fingerprint density at radius 2 is 1.73 bits per heavy atom. The Kier molecular flexibility index (Phi) is 4.83. The van der Waals surface area contributed by atoms with Crippen molar-refractivity contribution in [2.45, 2.75) is 39.2 Å². The third-order valence-corrected chi connectivity index (χ3v) is 2.65. The minimum absolute atomic E-state index is 0.231. The number of rotatable bonds is 5. The van der Waals surface area contributed by atoms with Crippen LogP contribution in [0.2, 0.25) is 0 Å². The smallest absolute Gasteiger partial charge is 0.102 e. The van der Waals surface area contributed by atoms with E-state index in [1.807, 2.05) is 24.3 Å². The molecule has 15 heavy (non-hydrogen) atoms. The van der Waals surface area contributed by atoms with Crippen molar-refractivity contribution in [1.82, 2.24) is 0 Å². The summed E-state index contributed by atoms with van der Waals surface area (Å²) >= 11 is 0. The van der Waals surface area contributed by atoms with Gasteiger partial charge in [-0.05, 0) is 31.4 Å². The number of hydrogen-bond acceptors (Lipinski definition) is 1. The number of hydrogen-bond donors (Lipinski definition) is 0. The van der Waals surface area contributed by atoms with Crippen LogP contribution in [0, 0.1) is 5.92 Å². The molecule has 0 saturated carbocycles. The molecular weight excluding hydrogens is 184 g/mol. The summed E-state index contributed by atoms with van der Waals surface area (Å²) in [5.74, 6) is 0.643. The lowest BCUT2D eigenvalue weighted by atomic mass is 10.0. The molecule has 0 saturated heterocycles. The van der Waals surface area contributed by atoms with Crippen LogP contribution in [0.1, 0.15) is 33.6 Å². The van der Waals surface area contributed by atoms with E-state index in [9.17, 15) is 0 Å². The Balaban J connectivity index is 2.43. The van der Waals surface area contributed by atoms with Gasteiger partial charge in [-0.15, -0.1) is 0 Å². The predicted molar refractivity (Wildman–Crippen MR) is 65.8 cm³/mol. The number of allylic oxidation sites excluding steroid dienone is 4. The highest BCUT2D eigenvalue weighted by Gasteiger charge is 2.18. The fraction of sp³-hybridized carbons (Fsp3) is 0.571. The highest BCUT2D eigenvalue weighted by molar-refractivity contribution is 5.25. The molecule has 1 atom stereocenters. The van der Waals surface area contributed by atoms with Crippen LogP contribution in [0.3, 0.4) is 0 Å². The molecule has 0 aromatic rings. The van der Waals surface area contributed by atoms with Crippen molar-refractivity contribution in [3.8, 4) is 0 Å². The maximum absolute atomic E-state index is 5.95. The van der Waals surface area contributed by atoms with Gasteiger partial charge in [0.15, 0.2) is 0 Å². The van der Waals surface area contributed by atoms with E-state index in [2.05, 4.69) is 32.9 Å². The van der Waals surface area contributed by atoms with Crippen molar-refractivity contribution >= 4 is 0 Å². The lowest BCUT2D eigenvalue weighted by Gasteiger charge is -2.24. The summed E-state index contributed by atoms with van der Waals surface area (Å²) in [4.78, 5) is 0. The average Bonchev–Trinajstić information content (AvgIpc) is 2.42. The van der Waals surface area contributed by atoms with Gasteiger partial charge in [-0.2, -0.15) is 0 Å². The fourth-order valence-corrected chi connectivity index (χ4v) is 1.67. The van der Waals surface area contributed by atoms with Crippen molar-refractivity contribution in [2.75, 3.05) is 6.61 Å². The fourth-order valence-electron chi connectivity index (χ4n) is 1.67. The average molecular weight is 206 g/mol. The summed E-state index contributed by atoms with van der Waals surface area (Å²) in [5.41, 5.74) is -0.231. The van der Waals surface area contributed by atoms with Gasteiger partial charge in [0.25, 0.3) is 0 Å². The van der Waals surface area contributed by atoms with Crippen LogP contribution in [-0.4, -0.2) is 12.2 Å². The summed E-state index contributed by atoms with van der Waals surface area (Å²) in [6.45, 7) is 7.40. The van der Waals surface area contributed by atoms with E-state index in [-0.39, 0.29) is 5.60 Å². The summed E-state index contributed by atoms with van der Waals surface area (Å²) in [7, 11) is 0. The van der Waals surface area contributed by atoms with Crippen LogP contribution < -0.4 is 0 Å². The standard InChI is InChI=1S/C14H22O/c1-4-9-13(2)12-15-14(3)10-7-5-6-8-11-14/h5-8,10-11,13H,4,9,12H2,1-3H3. The third-order valence-electron chi connectivity index (χ3n) is 2.65. The van der Waals surface area contributed by atoms with Gasteiger partial charge in [0.05, 0.1) is 6.61 Å². The first-order valence-corrected chi connectivity index (χ1v) is 5.84. The van der Waals surface area contributed by atoms with Gasteiger partial charge in [-0.3, -0.25) is 0 Å². The Hall–Kier alpha value is -0.820. The molecule has 0 aliphatic heterocycles. The SMILES string of the molecule is CCCC(C)COC1(C)C=CC=CC=C1. The van der Waals surface area contributed by atoms with Crippen molar-refractivity contribution in [3.05, 3.63) is 36.5 Å². The van der Waals surface area contributed by atoms with Gasteiger partial charge >= 0.3 is 0 Å². The van der Waals surface area contributed by atoms with Crippen molar-refractivity contribution in [2.24, 2.45) is 5.92 Å². The van der Waals surface area contributed by atoms with Crippen LogP contribution in [-0.2, 0) is 4.74 Å². The van der Waals surface area contributed by atoms with E-state index in [1.165, 1.54) is 12.8 Å². The maximum atomic E-state index is 5.95. The monoisotopic (exact) mass is 206 g/mol. The lowest BCUT2D eigenvalue weighted by molar-refractivity contribution is 0.0194. The summed E-state index contributed by atoms with van der Waals surface area (Å²) in [5, 5.41) is 0. The largest absolute Gasteiger partial charge is 0.367 e. The molecule has 1 aliphatic rings. The number of ether oxygens (including phenoxy) is 1. The Morgan fingerprint density at radius 3 is 2.27 bits per heavy atom. The van der Waals surface area contributed by atoms with E-state index < -0.39 is 0 Å². The molecule has 0 heterocycles. The molecule has 0 radical (unpaired) electrons. The lowest BCUT2D eigenvalue weighted by Crippen LogP contribution is -2.25. The molecule has 1 aliphatic carbocycles. The first-order valence-electron chi connectivity index (χ1n) is 5.84. The maximum Gasteiger partial charge on any atom is 0.102 e. The Labute approximate surface area is 93.5 Å². The first kappa shape index (κ1) is 12.3. The van der Waals surface area contributed by atoms with Gasteiger partial charge in [-0.25, -0.2) is 0 Å². The quantitative estimate of drug-likeness (QED) is 0.663. The van der Waals surface area contributed by atoms with Gasteiger partial charge in [0.1, 0.15) is 5.60 Å². The molecule has 0 fully saturated rings. The van der Waals surface area contributed by atoms with E-state index in [0.29, 0.717) is 5.92 Å². The van der Waals surface area contributed by atoms with Crippen molar-refractivity contribution < 1.29 is 4.74 Å². The third kappa shape index (κ3) is 4.48. The molecule has 0 N–H and O–H groups in total. The first-order chi connectivity index (χ1) is 7.16. The van der Waals surface area contributed by atoms with Gasteiger partial charge in [0.2, 0.25) is 0 Å². The molecule has 1 unspecified atom stereocenters. The molecule has 84 valence electrons. The minimum Gasteiger partial charge on any atom is -0.367 e. The second-order valence-electron chi connectivity index (χ2n) is 4.49. The van der Waals surface area contributed by atoms with E-state index in [4.69, 9.17) is 4.74 Å². The van der Waals surface area contributed by atoms with Crippen LogP contribution >= 0.6 is 0 Å². The van der Waals surface area contributed by atoms with Gasteiger partial charge in [0, 0.05) is 0 Å². The predicted octanol–water partition coefficient (Wildman–Crippen LogP) is 3.88. The zero-order valence-electron chi connectivity index (χ0n) is 10.1. The van der Waals surface area contributed by atoms with Crippen LogP contribution in [0.5, 0.6) is 0 Å². The minimum atomic E-state index is -0.231. The van der Waals surface area contributed by atoms with E-state index in [1.54, 1.807) is 0 Å². The van der Waals surface area contributed by atoms with Crippen molar-refractivity contribution in [1.29, 1.82) is 0 Å². The van der Waals surface area contributed by atoms with Gasteiger partial charge in [-0.1, -0.05) is 44.6 Å². The molecular formula is C14H22O. The summed E-state index contributed by atoms with van der Waals surface area (Å²) in [6.07, 6.45) is 14.8. The summed E-state index contributed by atoms with van der Waals surface area (Å²) in [6, 6.07) is 0. The molecule has 0 bridgehead atoms. The van der Waals surface area contributed by atoms with Crippen LogP contribution in [0.25, 0.3) is 0 Å². The second kappa shape index (κ2) is 5.92. The van der Waals surface area contributed by atoms with E-state index in [0.717, 1.165) is 6.61 Å². The van der Waals surface area contributed by atoms with Gasteiger partial charge < -0.3 is 4.74 Å². The second-order valence-corrected chi connectivity index (χ2v) is 4.49. The molecule has 0 aromatic carbocycles. The van der Waals surface area contributed by atoms with Crippen LogP contribution in [0.4, 0.5) is 0 Å². The molecule has 1 rings (SSSR count). The highest BCUT2D eigenvalue weighted by atomic mass is 16.5. The Morgan fingerprint density at radius 1 is 1.13 bits per heavy atom. The molecule has 0 amide bonds. The zero-order chi connectivity index (χ0) is 11.1. The van der Waals surface area contributed by atoms with Crippen molar-refractivity contribution in [3.63, 3.8) is 0 Å². The highest BCUT2D eigenvalue weighted by Crippen LogP contribution is 2.19. The van der Waals surface area contributed by atoms with E-state index >= 15 is 0 Å². The topological polar surface area (TPSA) is 9.23 Å². The normalized spacial score (nSPS) is 20.2. The Bertz CT molecular complexity index is 245. The molecule has 1 heteroatoms. The summed E-state index contributed by atoms with van der Waals surface area (Å²) < 4.78 is 5.95. The molecule has 0 spiro atoms. The molecule has 1 nitrogen and oxygen atoms in total.